The average molecular weight is 256 g/mol. The number of nitrogens with zero attached hydrogens (tertiary/aromatic N) is 2. The molecule has 0 saturated carbocycles. The Morgan fingerprint density at radius 3 is 2.35 bits per heavy atom. The summed E-state index contributed by atoms with van der Waals surface area (Å²) in [7, 11) is 0. The van der Waals surface area contributed by atoms with Crippen molar-refractivity contribution in [3.8, 4) is 11.9 Å². The van der Waals surface area contributed by atoms with Crippen LogP contribution in [0.3, 0.4) is 0 Å². The maximum atomic E-state index is 13.0. The first-order valence-corrected chi connectivity index (χ1v) is 3.89. The van der Waals surface area contributed by atoms with Gasteiger partial charge in [-0.25, -0.2) is 18.2 Å². The van der Waals surface area contributed by atoms with Gasteiger partial charge in [0.25, 0.3) is 6.43 Å². The molecule has 0 saturated heterocycles. The molecular weight excluding hydrogens is 254 g/mol. The Balaban J connectivity index is 3.27. The number of pyridine rings is 1. The molecule has 92 valence electrons. The van der Waals surface area contributed by atoms with E-state index in [0.29, 0.717) is 0 Å². The summed E-state index contributed by atoms with van der Waals surface area (Å²) in [6.45, 7) is 0. The van der Waals surface area contributed by atoms with Gasteiger partial charge in [-0.15, -0.1) is 13.2 Å². The molecule has 0 radical (unpaired) electrons. The van der Waals surface area contributed by atoms with Crippen molar-refractivity contribution in [3.63, 3.8) is 0 Å². The molecule has 1 aromatic rings. The number of nitriles is 1. The molecule has 3 nitrogen and oxygen atoms in total. The maximum Gasteiger partial charge on any atom is 0.574 e. The minimum Gasteiger partial charge on any atom is -0.388 e. The molecule has 1 heterocycles. The molecule has 0 aromatic carbocycles. The van der Waals surface area contributed by atoms with E-state index in [0.717, 1.165) is 6.07 Å². The molecule has 0 bridgehead atoms. The van der Waals surface area contributed by atoms with Crippen molar-refractivity contribution in [1.82, 2.24) is 4.98 Å². The molecule has 0 aliphatic rings. The Hall–Kier alpha value is -1.98. The molecule has 1 rings (SSSR count). The van der Waals surface area contributed by atoms with Gasteiger partial charge in [0.15, 0.2) is 5.82 Å². The number of halogens is 6. The van der Waals surface area contributed by atoms with E-state index in [-0.39, 0.29) is 6.07 Å². The lowest BCUT2D eigenvalue weighted by Crippen LogP contribution is -2.18. The highest BCUT2D eigenvalue weighted by atomic mass is 19.4. The van der Waals surface area contributed by atoms with Crippen LogP contribution in [-0.2, 0) is 0 Å². The van der Waals surface area contributed by atoms with Crippen molar-refractivity contribution in [2.45, 2.75) is 12.8 Å². The van der Waals surface area contributed by atoms with Crippen LogP contribution in [-0.4, -0.2) is 11.3 Å². The van der Waals surface area contributed by atoms with Gasteiger partial charge in [-0.1, -0.05) is 0 Å². The molecule has 0 aliphatic heterocycles. The summed E-state index contributed by atoms with van der Waals surface area (Å²) in [5.74, 6) is -2.98. The largest absolute Gasteiger partial charge is 0.574 e. The van der Waals surface area contributed by atoms with E-state index >= 15 is 0 Å². The second kappa shape index (κ2) is 4.48. The first kappa shape index (κ1) is 13.1. The number of aromatic nitrogens is 1. The van der Waals surface area contributed by atoms with Crippen molar-refractivity contribution in [1.29, 1.82) is 5.26 Å². The predicted molar refractivity (Wildman–Crippen MR) is 40.5 cm³/mol. The van der Waals surface area contributed by atoms with Crippen LogP contribution in [0.25, 0.3) is 0 Å². The molecular formula is C8H2F6N2O. The molecule has 1 aromatic heterocycles. The summed E-state index contributed by atoms with van der Waals surface area (Å²) in [6, 6.07) is 1.41. The molecule has 0 atom stereocenters. The van der Waals surface area contributed by atoms with Gasteiger partial charge < -0.3 is 4.74 Å². The lowest BCUT2D eigenvalue weighted by Gasteiger charge is -2.10. The van der Waals surface area contributed by atoms with Gasteiger partial charge in [-0.05, 0) is 0 Å². The van der Waals surface area contributed by atoms with Crippen LogP contribution in [0.2, 0.25) is 0 Å². The van der Waals surface area contributed by atoms with Crippen LogP contribution >= 0.6 is 0 Å². The third-order valence-electron chi connectivity index (χ3n) is 1.51. The Morgan fingerprint density at radius 2 is 1.94 bits per heavy atom. The van der Waals surface area contributed by atoms with E-state index in [2.05, 4.69) is 9.72 Å². The molecule has 0 unspecified atom stereocenters. The van der Waals surface area contributed by atoms with Crippen molar-refractivity contribution in [2.24, 2.45) is 0 Å². The number of alkyl halides is 5. The second-order valence-electron chi connectivity index (χ2n) is 2.67. The summed E-state index contributed by atoms with van der Waals surface area (Å²) in [4.78, 5) is 2.65. The number of rotatable bonds is 2. The van der Waals surface area contributed by atoms with Gasteiger partial charge in [-0.2, -0.15) is 5.26 Å². The lowest BCUT2D eigenvalue weighted by molar-refractivity contribution is -0.276. The molecule has 0 fully saturated rings. The van der Waals surface area contributed by atoms with E-state index in [4.69, 9.17) is 5.26 Å². The molecule has 0 N–H and O–H groups in total. The average Bonchev–Trinajstić information content (AvgIpc) is 2.17. The van der Waals surface area contributed by atoms with Gasteiger partial charge in [0.2, 0.25) is 5.88 Å². The molecule has 17 heavy (non-hydrogen) atoms. The van der Waals surface area contributed by atoms with E-state index in [9.17, 15) is 26.3 Å². The highest BCUT2D eigenvalue weighted by molar-refractivity contribution is 5.36. The highest BCUT2D eigenvalue weighted by Crippen LogP contribution is 2.28. The van der Waals surface area contributed by atoms with Crippen LogP contribution in [0, 0.1) is 17.1 Å². The third kappa shape index (κ3) is 3.24. The predicted octanol–water partition coefficient (Wildman–Crippen LogP) is 2.93. The van der Waals surface area contributed by atoms with Crippen molar-refractivity contribution >= 4 is 0 Å². The number of ether oxygens (including phenoxy) is 1. The fourth-order valence-electron chi connectivity index (χ4n) is 0.922. The summed E-state index contributed by atoms with van der Waals surface area (Å²) in [6.07, 6.45) is -8.63. The van der Waals surface area contributed by atoms with Crippen molar-refractivity contribution in [3.05, 3.63) is 23.1 Å². The van der Waals surface area contributed by atoms with Crippen LogP contribution in [0.1, 0.15) is 17.7 Å². The van der Waals surface area contributed by atoms with Gasteiger partial charge >= 0.3 is 6.36 Å². The van der Waals surface area contributed by atoms with Gasteiger partial charge in [0.1, 0.15) is 11.8 Å². The quantitative estimate of drug-likeness (QED) is 0.764. The van der Waals surface area contributed by atoms with E-state index < -0.39 is 35.7 Å². The minimum absolute atomic E-state index is 0.286. The van der Waals surface area contributed by atoms with Gasteiger partial charge in [-0.3, -0.25) is 0 Å². The topological polar surface area (TPSA) is 45.9 Å². The minimum atomic E-state index is -5.17. The highest BCUT2D eigenvalue weighted by Gasteiger charge is 2.33. The van der Waals surface area contributed by atoms with E-state index in [1.165, 1.54) is 0 Å². The fourth-order valence-corrected chi connectivity index (χ4v) is 0.922. The van der Waals surface area contributed by atoms with Crippen molar-refractivity contribution in [2.75, 3.05) is 0 Å². The molecule has 0 aliphatic carbocycles. The first-order valence-electron chi connectivity index (χ1n) is 3.89. The Bertz CT molecular complexity index is 464. The zero-order valence-corrected chi connectivity index (χ0v) is 7.73. The summed E-state index contributed by atoms with van der Waals surface area (Å²) in [5.41, 5.74) is -2.57. The molecule has 0 amide bonds. The normalized spacial score (nSPS) is 11.4. The Kier molecular flexibility index (Phi) is 3.45. The Morgan fingerprint density at radius 1 is 1.35 bits per heavy atom. The summed E-state index contributed by atoms with van der Waals surface area (Å²) in [5, 5.41) is 8.35. The fraction of sp³-hybridized carbons (Fsp3) is 0.250. The number of hydrogen-bond donors (Lipinski definition) is 0. The lowest BCUT2D eigenvalue weighted by atomic mass is 10.2. The maximum absolute atomic E-state index is 13.0. The van der Waals surface area contributed by atoms with Crippen LogP contribution in [0.5, 0.6) is 5.88 Å². The zero-order valence-electron chi connectivity index (χ0n) is 7.73. The van der Waals surface area contributed by atoms with Crippen LogP contribution in [0.4, 0.5) is 26.3 Å². The summed E-state index contributed by atoms with van der Waals surface area (Å²) >= 11 is 0. The standard InChI is InChI=1S/C8H2F6N2O/c9-5-3(2-15)1-4(17-8(12,13)14)16-6(5)7(10)11/h1,7H. The van der Waals surface area contributed by atoms with Crippen LogP contribution in [0.15, 0.2) is 6.07 Å². The third-order valence-corrected chi connectivity index (χ3v) is 1.51. The van der Waals surface area contributed by atoms with Gasteiger partial charge in [0.05, 0.1) is 5.56 Å². The molecule has 0 spiro atoms. The molecule has 9 heteroatoms. The zero-order chi connectivity index (χ0) is 13.2. The monoisotopic (exact) mass is 256 g/mol. The number of hydrogen-bond acceptors (Lipinski definition) is 3. The smallest absolute Gasteiger partial charge is 0.388 e. The first-order chi connectivity index (χ1) is 7.74. The van der Waals surface area contributed by atoms with Crippen LogP contribution < -0.4 is 4.74 Å². The van der Waals surface area contributed by atoms with E-state index in [1.807, 2.05) is 0 Å². The Labute approximate surface area is 90.2 Å². The van der Waals surface area contributed by atoms with Crippen molar-refractivity contribution < 1.29 is 31.1 Å². The summed E-state index contributed by atoms with van der Waals surface area (Å²) < 4.78 is 76.0. The van der Waals surface area contributed by atoms with E-state index in [1.54, 1.807) is 0 Å². The SMILES string of the molecule is N#Cc1cc(OC(F)(F)F)nc(C(F)F)c1F. The second-order valence-corrected chi connectivity index (χ2v) is 2.67. The van der Waals surface area contributed by atoms with Gasteiger partial charge in [0, 0.05) is 6.07 Å².